The van der Waals surface area contributed by atoms with Crippen LogP contribution in [0.4, 0.5) is 0 Å². The van der Waals surface area contributed by atoms with Crippen LogP contribution in [0, 0.1) is 5.41 Å². The van der Waals surface area contributed by atoms with E-state index < -0.39 is 23.3 Å². The average Bonchev–Trinajstić information content (AvgIpc) is 2.81. The van der Waals surface area contributed by atoms with Crippen molar-refractivity contribution < 1.29 is 24.6 Å². The number of carboxylic acid groups (broad SMARTS) is 2. The van der Waals surface area contributed by atoms with E-state index in [-0.39, 0.29) is 12.2 Å². The standard InChI is InChI=1S/C16H18O5/c1-10(14(18)19)12-6-4-11(5-7-12)9-16(15(20)21)8-2-3-13(16)17/h4-7,10H,2-3,8-9H2,1H3,(H,18,19)(H,20,21)/t10?,16-/m0/s1. The monoisotopic (exact) mass is 290 g/mol. The largest absolute Gasteiger partial charge is 0.481 e. The molecule has 0 heterocycles. The van der Waals surface area contributed by atoms with E-state index in [1.807, 2.05) is 0 Å². The number of carbonyl (C=O) groups excluding carboxylic acids is 1. The lowest BCUT2D eigenvalue weighted by molar-refractivity contribution is -0.153. The summed E-state index contributed by atoms with van der Waals surface area (Å²) in [5.41, 5.74) is 0.0993. The first-order valence-electron chi connectivity index (χ1n) is 6.95. The van der Waals surface area contributed by atoms with Gasteiger partial charge in [-0.05, 0) is 37.3 Å². The Morgan fingerprint density at radius 3 is 2.29 bits per heavy atom. The van der Waals surface area contributed by atoms with Gasteiger partial charge in [0.05, 0.1) is 5.92 Å². The van der Waals surface area contributed by atoms with Gasteiger partial charge in [-0.3, -0.25) is 14.4 Å². The topological polar surface area (TPSA) is 91.7 Å². The van der Waals surface area contributed by atoms with Gasteiger partial charge in [0, 0.05) is 6.42 Å². The molecule has 2 atom stereocenters. The Morgan fingerprint density at radius 1 is 1.24 bits per heavy atom. The second-order valence-corrected chi connectivity index (χ2v) is 5.64. The predicted octanol–water partition coefficient (Wildman–Crippen LogP) is 2.24. The summed E-state index contributed by atoms with van der Waals surface area (Å²) in [6.07, 6.45) is 1.47. The lowest BCUT2D eigenvalue weighted by atomic mass is 9.79. The number of rotatable bonds is 5. The molecular formula is C16H18O5. The normalized spacial score (nSPS) is 23.0. The Labute approximate surface area is 122 Å². The van der Waals surface area contributed by atoms with Gasteiger partial charge in [-0.2, -0.15) is 0 Å². The van der Waals surface area contributed by atoms with E-state index in [1.54, 1.807) is 31.2 Å². The van der Waals surface area contributed by atoms with Crippen LogP contribution in [0.25, 0.3) is 0 Å². The summed E-state index contributed by atoms with van der Waals surface area (Å²) >= 11 is 0. The molecule has 0 amide bonds. The van der Waals surface area contributed by atoms with Crippen LogP contribution in [0.3, 0.4) is 0 Å². The Bertz CT molecular complexity index is 575. The summed E-state index contributed by atoms with van der Waals surface area (Å²) in [6.45, 7) is 1.59. The Kier molecular flexibility index (Phi) is 4.11. The van der Waals surface area contributed by atoms with Gasteiger partial charge in [0.15, 0.2) is 5.78 Å². The van der Waals surface area contributed by atoms with Gasteiger partial charge in [-0.25, -0.2) is 0 Å². The van der Waals surface area contributed by atoms with E-state index in [1.165, 1.54) is 0 Å². The SMILES string of the molecule is CC(C(=O)O)c1ccc(C[C@@]2(C(=O)O)CCCC2=O)cc1. The van der Waals surface area contributed by atoms with E-state index in [2.05, 4.69) is 0 Å². The summed E-state index contributed by atoms with van der Waals surface area (Å²) in [6, 6.07) is 6.79. The quantitative estimate of drug-likeness (QED) is 0.811. The molecule has 112 valence electrons. The van der Waals surface area contributed by atoms with Crippen LogP contribution in [-0.2, 0) is 20.8 Å². The van der Waals surface area contributed by atoms with Crippen molar-refractivity contribution in [2.75, 3.05) is 0 Å². The highest BCUT2D eigenvalue weighted by atomic mass is 16.4. The van der Waals surface area contributed by atoms with Crippen LogP contribution in [0.2, 0.25) is 0 Å². The highest BCUT2D eigenvalue weighted by molar-refractivity contribution is 6.04. The van der Waals surface area contributed by atoms with Gasteiger partial charge in [0.2, 0.25) is 0 Å². The van der Waals surface area contributed by atoms with Gasteiger partial charge in [-0.1, -0.05) is 24.3 Å². The molecule has 1 unspecified atom stereocenters. The van der Waals surface area contributed by atoms with Crippen molar-refractivity contribution in [2.24, 2.45) is 5.41 Å². The van der Waals surface area contributed by atoms with Gasteiger partial charge in [0.25, 0.3) is 0 Å². The number of hydrogen-bond donors (Lipinski definition) is 2. The van der Waals surface area contributed by atoms with E-state index >= 15 is 0 Å². The first kappa shape index (κ1) is 15.2. The number of carboxylic acids is 2. The molecule has 2 rings (SSSR count). The first-order chi connectivity index (χ1) is 9.86. The van der Waals surface area contributed by atoms with Crippen LogP contribution in [-0.4, -0.2) is 27.9 Å². The number of aliphatic carboxylic acids is 2. The molecular weight excluding hydrogens is 272 g/mol. The summed E-state index contributed by atoms with van der Waals surface area (Å²) in [5.74, 6) is -2.79. The second-order valence-electron chi connectivity index (χ2n) is 5.64. The van der Waals surface area contributed by atoms with Crippen molar-refractivity contribution >= 4 is 17.7 Å². The van der Waals surface area contributed by atoms with E-state index in [4.69, 9.17) is 5.11 Å². The number of hydrogen-bond acceptors (Lipinski definition) is 3. The van der Waals surface area contributed by atoms with E-state index in [0.717, 1.165) is 5.56 Å². The minimum absolute atomic E-state index is 0.170. The first-order valence-corrected chi connectivity index (χ1v) is 6.95. The Balaban J connectivity index is 2.21. The van der Waals surface area contributed by atoms with Crippen molar-refractivity contribution in [1.82, 2.24) is 0 Å². The lowest BCUT2D eigenvalue weighted by Gasteiger charge is -2.22. The average molecular weight is 290 g/mol. The minimum Gasteiger partial charge on any atom is -0.481 e. The van der Waals surface area contributed by atoms with E-state index in [9.17, 15) is 19.5 Å². The zero-order valence-corrected chi connectivity index (χ0v) is 11.8. The summed E-state index contributed by atoms with van der Waals surface area (Å²) in [5, 5.41) is 18.4. The van der Waals surface area contributed by atoms with E-state index in [0.29, 0.717) is 24.8 Å². The minimum atomic E-state index is -1.31. The molecule has 21 heavy (non-hydrogen) atoms. The van der Waals surface area contributed by atoms with Crippen molar-refractivity contribution in [3.63, 3.8) is 0 Å². The highest BCUT2D eigenvalue weighted by Crippen LogP contribution is 2.38. The molecule has 0 aromatic heterocycles. The molecule has 2 N–H and O–H groups in total. The van der Waals surface area contributed by atoms with Gasteiger partial charge < -0.3 is 10.2 Å². The Hall–Kier alpha value is -2.17. The molecule has 5 heteroatoms. The summed E-state index contributed by atoms with van der Waals surface area (Å²) < 4.78 is 0. The highest BCUT2D eigenvalue weighted by Gasteiger charge is 2.48. The predicted molar refractivity (Wildman–Crippen MR) is 75.1 cm³/mol. The number of Topliss-reactive ketones (excluding diaryl/α,β-unsaturated/α-hetero) is 1. The zero-order valence-electron chi connectivity index (χ0n) is 11.8. The fourth-order valence-corrected chi connectivity index (χ4v) is 2.83. The Morgan fingerprint density at radius 2 is 1.86 bits per heavy atom. The zero-order chi connectivity index (χ0) is 15.6. The molecule has 1 fully saturated rings. The molecule has 0 aliphatic heterocycles. The summed E-state index contributed by atoms with van der Waals surface area (Å²) in [7, 11) is 0. The molecule has 0 saturated heterocycles. The van der Waals surface area contributed by atoms with Crippen LogP contribution in [0.5, 0.6) is 0 Å². The van der Waals surface area contributed by atoms with Crippen LogP contribution in [0.15, 0.2) is 24.3 Å². The maximum atomic E-state index is 11.9. The third-order valence-corrected chi connectivity index (χ3v) is 4.31. The van der Waals surface area contributed by atoms with Gasteiger partial charge in [0.1, 0.15) is 5.41 Å². The molecule has 1 aliphatic carbocycles. The third-order valence-electron chi connectivity index (χ3n) is 4.31. The fourth-order valence-electron chi connectivity index (χ4n) is 2.83. The van der Waals surface area contributed by atoms with Crippen molar-refractivity contribution in [2.45, 2.75) is 38.5 Å². The van der Waals surface area contributed by atoms with Gasteiger partial charge >= 0.3 is 11.9 Å². The molecule has 1 aliphatic rings. The maximum absolute atomic E-state index is 11.9. The van der Waals surface area contributed by atoms with Crippen molar-refractivity contribution in [1.29, 1.82) is 0 Å². The van der Waals surface area contributed by atoms with Crippen molar-refractivity contribution in [3.8, 4) is 0 Å². The lowest BCUT2D eigenvalue weighted by Crippen LogP contribution is -2.37. The van der Waals surface area contributed by atoms with Crippen LogP contribution < -0.4 is 0 Å². The van der Waals surface area contributed by atoms with Gasteiger partial charge in [-0.15, -0.1) is 0 Å². The van der Waals surface area contributed by atoms with Crippen LogP contribution in [0.1, 0.15) is 43.2 Å². The number of carbonyl (C=O) groups is 3. The van der Waals surface area contributed by atoms with Crippen molar-refractivity contribution in [3.05, 3.63) is 35.4 Å². The molecule has 1 saturated carbocycles. The molecule has 5 nitrogen and oxygen atoms in total. The molecule has 1 aromatic rings. The second kappa shape index (κ2) is 5.68. The number of benzene rings is 1. The van der Waals surface area contributed by atoms with Crippen LogP contribution >= 0.6 is 0 Å². The fraction of sp³-hybridized carbons (Fsp3) is 0.438. The maximum Gasteiger partial charge on any atom is 0.317 e. The molecule has 0 spiro atoms. The molecule has 0 bridgehead atoms. The molecule has 0 radical (unpaired) electrons. The smallest absolute Gasteiger partial charge is 0.317 e. The third kappa shape index (κ3) is 2.82. The molecule has 1 aromatic carbocycles. The number of ketones is 1. The summed E-state index contributed by atoms with van der Waals surface area (Å²) in [4.78, 5) is 34.4.